The third-order valence-corrected chi connectivity index (χ3v) is 10.1. The van der Waals surface area contributed by atoms with E-state index in [0.29, 0.717) is 19.3 Å². The molecular weight excluding hydrogens is 745 g/mol. The van der Waals surface area contributed by atoms with Crippen LogP contribution in [-0.2, 0) is 28.6 Å². The minimum atomic E-state index is -0.806. The first kappa shape index (κ1) is 56.6. The molecule has 0 bridgehead atoms. The molecule has 0 aliphatic rings. The average molecular weight is 835 g/mol. The van der Waals surface area contributed by atoms with E-state index < -0.39 is 6.10 Å². The zero-order valence-electron chi connectivity index (χ0n) is 38.9. The van der Waals surface area contributed by atoms with E-state index >= 15 is 0 Å². The molecule has 0 aromatic carbocycles. The Balaban J connectivity index is 4.39. The minimum absolute atomic E-state index is 0.102. The van der Waals surface area contributed by atoms with Crippen LogP contribution in [0.2, 0.25) is 0 Å². The Labute approximate surface area is 369 Å². The van der Waals surface area contributed by atoms with Crippen molar-refractivity contribution in [1.29, 1.82) is 0 Å². The van der Waals surface area contributed by atoms with Gasteiger partial charge in [0.05, 0.1) is 0 Å². The van der Waals surface area contributed by atoms with Crippen molar-refractivity contribution < 1.29 is 28.6 Å². The standard InChI is InChI=1S/C54H90O6/c1-4-7-10-13-16-18-20-22-24-26-28-29-31-33-35-38-41-44-47-53(56)59-50-51(49-58-52(55)46-43-40-37-15-12-9-6-3)60-54(57)48-45-42-39-36-34-32-30-27-25-23-21-19-17-14-11-8-5-2/h8,11,17-20,23-26,30,32,36,39,51H,4-7,9-10,12-16,21-22,27-29,31,33-35,37-38,40-50H2,1-3H3/b11-8-,19-17-,20-18-,25-23-,26-24-,32-30-,39-36-. The van der Waals surface area contributed by atoms with Crippen LogP contribution < -0.4 is 0 Å². The lowest BCUT2D eigenvalue weighted by molar-refractivity contribution is -0.167. The molecule has 0 aliphatic heterocycles. The van der Waals surface area contributed by atoms with Crippen LogP contribution in [0.25, 0.3) is 0 Å². The monoisotopic (exact) mass is 835 g/mol. The Bertz CT molecular complexity index is 1190. The van der Waals surface area contributed by atoms with Crippen LogP contribution in [0.15, 0.2) is 85.1 Å². The summed E-state index contributed by atoms with van der Waals surface area (Å²) < 4.78 is 16.6. The number of hydrogen-bond acceptors (Lipinski definition) is 6. The number of carbonyl (C=O) groups is 3. The van der Waals surface area contributed by atoms with Crippen LogP contribution in [0.3, 0.4) is 0 Å². The van der Waals surface area contributed by atoms with Gasteiger partial charge in [0.1, 0.15) is 13.2 Å². The lowest BCUT2D eigenvalue weighted by Gasteiger charge is -2.18. The van der Waals surface area contributed by atoms with Crippen LogP contribution in [0.1, 0.15) is 220 Å². The maximum atomic E-state index is 12.7. The van der Waals surface area contributed by atoms with Crippen molar-refractivity contribution in [1.82, 2.24) is 0 Å². The smallest absolute Gasteiger partial charge is 0.306 e. The normalized spacial score (nSPS) is 12.8. The Morgan fingerprint density at radius 3 is 1.08 bits per heavy atom. The molecule has 0 aromatic heterocycles. The Kier molecular flexibility index (Phi) is 45.5. The minimum Gasteiger partial charge on any atom is -0.462 e. The number of hydrogen-bond donors (Lipinski definition) is 0. The summed E-state index contributed by atoms with van der Waals surface area (Å²) in [5.41, 5.74) is 0. The van der Waals surface area contributed by atoms with Crippen molar-refractivity contribution in [3.8, 4) is 0 Å². The number of carbonyl (C=O) groups excluding carboxylic acids is 3. The maximum absolute atomic E-state index is 12.7. The molecule has 6 nitrogen and oxygen atoms in total. The molecule has 0 aliphatic carbocycles. The fraction of sp³-hybridized carbons (Fsp3) is 0.685. The lowest BCUT2D eigenvalue weighted by Crippen LogP contribution is -2.30. The van der Waals surface area contributed by atoms with Crippen molar-refractivity contribution in [2.75, 3.05) is 13.2 Å². The molecule has 60 heavy (non-hydrogen) atoms. The summed E-state index contributed by atoms with van der Waals surface area (Å²) in [5.74, 6) is -0.979. The summed E-state index contributed by atoms with van der Waals surface area (Å²) in [7, 11) is 0. The molecule has 0 spiro atoms. The van der Waals surface area contributed by atoms with Gasteiger partial charge in [-0.2, -0.15) is 0 Å². The highest BCUT2D eigenvalue weighted by Crippen LogP contribution is 2.13. The Hall–Kier alpha value is -3.41. The third kappa shape index (κ3) is 45.7. The lowest BCUT2D eigenvalue weighted by atomic mass is 10.1. The van der Waals surface area contributed by atoms with Gasteiger partial charge in [0.25, 0.3) is 0 Å². The number of allylic oxidation sites excluding steroid dienone is 14. The van der Waals surface area contributed by atoms with Crippen molar-refractivity contribution >= 4 is 17.9 Å². The molecule has 0 saturated carbocycles. The molecule has 0 heterocycles. The number of rotatable bonds is 43. The van der Waals surface area contributed by atoms with Crippen LogP contribution in [0, 0.1) is 0 Å². The summed E-state index contributed by atoms with van der Waals surface area (Å²) in [5, 5.41) is 0. The van der Waals surface area contributed by atoms with Gasteiger partial charge in [-0.3, -0.25) is 14.4 Å². The van der Waals surface area contributed by atoms with Crippen molar-refractivity contribution in [2.24, 2.45) is 0 Å². The molecule has 1 unspecified atom stereocenters. The highest BCUT2D eigenvalue weighted by molar-refractivity contribution is 5.71. The Morgan fingerprint density at radius 1 is 0.350 bits per heavy atom. The van der Waals surface area contributed by atoms with Gasteiger partial charge in [-0.25, -0.2) is 0 Å². The largest absolute Gasteiger partial charge is 0.462 e. The van der Waals surface area contributed by atoms with E-state index in [1.807, 2.05) is 0 Å². The number of unbranched alkanes of at least 4 members (excludes halogenated alkanes) is 18. The van der Waals surface area contributed by atoms with Crippen molar-refractivity contribution in [3.05, 3.63) is 85.1 Å². The van der Waals surface area contributed by atoms with E-state index in [9.17, 15) is 14.4 Å². The highest BCUT2D eigenvalue weighted by atomic mass is 16.6. The molecule has 342 valence electrons. The SMILES string of the molecule is CC/C=C\C/C=C\C/C=C\C/C=C\C/C=C\CCCC(=O)OC(COC(=O)CCCCCCCCC)COC(=O)CCCCCCCCC/C=C\C/C=C\CCCCCC. The van der Waals surface area contributed by atoms with E-state index in [1.54, 1.807) is 0 Å². The molecule has 0 aromatic rings. The van der Waals surface area contributed by atoms with Crippen molar-refractivity contribution in [2.45, 2.75) is 226 Å². The zero-order chi connectivity index (χ0) is 43.7. The summed E-state index contributed by atoms with van der Waals surface area (Å²) in [6.07, 6.45) is 61.6. The van der Waals surface area contributed by atoms with E-state index in [2.05, 4.69) is 106 Å². The van der Waals surface area contributed by atoms with Crippen LogP contribution in [0.4, 0.5) is 0 Å². The average Bonchev–Trinajstić information content (AvgIpc) is 3.24. The van der Waals surface area contributed by atoms with Gasteiger partial charge in [0.15, 0.2) is 6.10 Å². The molecule has 1 atom stereocenters. The zero-order valence-corrected chi connectivity index (χ0v) is 38.9. The Morgan fingerprint density at radius 2 is 0.667 bits per heavy atom. The quantitative estimate of drug-likeness (QED) is 0.0263. The van der Waals surface area contributed by atoms with E-state index in [-0.39, 0.29) is 37.5 Å². The molecule has 0 N–H and O–H groups in total. The van der Waals surface area contributed by atoms with Crippen LogP contribution in [-0.4, -0.2) is 37.2 Å². The summed E-state index contributed by atoms with van der Waals surface area (Å²) >= 11 is 0. The van der Waals surface area contributed by atoms with Gasteiger partial charge in [0.2, 0.25) is 0 Å². The van der Waals surface area contributed by atoms with E-state index in [4.69, 9.17) is 14.2 Å². The first-order chi connectivity index (χ1) is 29.5. The molecule has 6 heteroatoms. The summed E-state index contributed by atoms with van der Waals surface area (Å²) in [4.78, 5) is 37.7. The van der Waals surface area contributed by atoms with Crippen LogP contribution >= 0.6 is 0 Å². The molecule has 0 fully saturated rings. The first-order valence-electron chi connectivity index (χ1n) is 24.6. The number of esters is 3. The van der Waals surface area contributed by atoms with Gasteiger partial charge in [-0.1, -0.05) is 196 Å². The highest BCUT2D eigenvalue weighted by Gasteiger charge is 2.19. The topological polar surface area (TPSA) is 78.9 Å². The van der Waals surface area contributed by atoms with Gasteiger partial charge in [-0.05, 0) is 89.9 Å². The van der Waals surface area contributed by atoms with Gasteiger partial charge in [-0.15, -0.1) is 0 Å². The second-order valence-corrected chi connectivity index (χ2v) is 16.0. The first-order valence-corrected chi connectivity index (χ1v) is 24.6. The fourth-order valence-corrected chi connectivity index (χ4v) is 6.45. The molecule has 0 saturated heterocycles. The molecule has 0 rings (SSSR count). The third-order valence-electron chi connectivity index (χ3n) is 10.1. The predicted octanol–water partition coefficient (Wildman–Crippen LogP) is 16.0. The van der Waals surface area contributed by atoms with Gasteiger partial charge in [0, 0.05) is 19.3 Å². The molecular formula is C54H90O6. The van der Waals surface area contributed by atoms with Gasteiger partial charge < -0.3 is 14.2 Å². The summed E-state index contributed by atoms with van der Waals surface area (Å²) in [6, 6.07) is 0. The fourth-order valence-electron chi connectivity index (χ4n) is 6.45. The van der Waals surface area contributed by atoms with Crippen molar-refractivity contribution in [3.63, 3.8) is 0 Å². The van der Waals surface area contributed by atoms with E-state index in [1.165, 1.54) is 83.5 Å². The predicted molar refractivity (Wildman–Crippen MR) is 256 cm³/mol. The van der Waals surface area contributed by atoms with E-state index in [0.717, 1.165) is 89.9 Å². The number of ether oxygens (including phenoxy) is 3. The molecule has 0 radical (unpaired) electrons. The summed E-state index contributed by atoms with van der Waals surface area (Å²) in [6.45, 7) is 6.40. The second-order valence-electron chi connectivity index (χ2n) is 16.0. The molecule has 0 amide bonds. The second kappa shape index (κ2) is 48.3. The van der Waals surface area contributed by atoms with Gasteiger partial charge >= 0.3 is 17.9 Å². The maximum Gasteiger partial charge on any atom is 0.306 e. The van der Waals surface area contributed by atoms with Crippen LogP contribution in [0.5, 0.6) is 0 Å².